The first-order chi connectivity index (χ1) is 19.9. The lowest BCUT2D eigenvalue weighted by atomic mass is 10.1. The van der Waals surface area contributed by atoms with Gasteiger partial charge in [-0.2, -0.15) is 10.1 Å². The van der Waals surface area contributed by atoms with Crippen LogP contribution in [-0.4, -0.2) is 70.1 Å². The summed E-state index contributed by atoms with van der Waals surface area (Å²) in [5.74, 6) is 0.0882. The van der Waals surface area contributed by atoms with Gasteiger partial charge in [-0.25, -0.2) is 14.8 Å². The van der Waals surface area contributed by atoms with E-state index in [1.54, 1.807) is 31.5 Å². The van der Waals surface area contributed by atoms with E-state index in [-0.39, 0.29) is 29.3 Å². The van der Waals surface area contributed by atoms with Crippen LogP contribution in [-0.2, 0) is 4.74 Å². The number of morpholine rings is 1. The Morgan fingerprint density at radius 2 is 1.93 bits per heavy atom. The number of phenolic OH excluding ortho intramolecular Hbond substituents is 1. The molecule has 1 atom stereocenters. The molecule has 0 aliphatic carbocycles. The summed E-state index contributed by atoms with van der Waals surface area (Å²) in [5.41, 5.74) is 7.30. The van der Waals surface area contributed by atoms with Gasteiger partial charge >= 0.3 is 0 Å². The molecule has 1 aliphatic rings. The largest absolute Gasteiger partial charge is 0.508 e. The average molecular weight is 557 g/mol. The Hall–Kier alpha value is -4.61. The quantitative estimate of drug-likeness (QED) is 0.158. The zero-order valence-electron chi connectivity index (χ0n) is 23.0. The number of aromatic nitrogens is 3. The highest BCUT2D eigenvalue weighted by Gasteiger charge is 2.17. The molecule has 11 heteroatoms. The molecule has 4 aromatic rings. The molecule has 1 fully saturated rings. The predicted octanol–water partition coefficient (Wildman–Crippen LogP) is 5.01. The third kappa shape index (κ3) is 7.74. The van der Waals surface area contributed by atoms with Gasteiger partial charge in [0.15, 0.2) is 11.6 Å². The topological polar surface area (TPSA) is 120 Å². The number of pyridine rings is 1. The van der Waals surface area contributed by atoms with Crippen molar-refractivity contribution in [3.8, 4) is 16.9 Å². The Kier molecular flexibility index (Phi) is 8.97. The van der Waals surface area contributed by atoms with Crippen molar-refractivity contribution in [1.82, 2.24) is 19.9 Å². The van der Waals surface area contributed by atoms with Gasteiger partial charge in [-0.3, -0.25) is 9.88 Å². The first kappa shape index (κ1) is 27.9. The number of phenols is 1. The molecule has 5 rings (SSSR count). The number of aryl methyl sites for hydroxylation is 1. The summed E-state index contributed by atoms with van der Waals surface area (Å²) in [4.78, 5) is 15.1. The minimum atomic E-state index is -0.478. The van der Waals surface area contributed by atoms with Crippen molar-refractivity contribution in [2.24, 2.45) is 5.10 Å². The number of hydrazone groups is 1. The molecular formula is C30H33FN8O2. The molecule has 0 amide bonds. The molecule has 41 heavy (non-hydrogen) atoms. The predicted molar refractivity (Wildman–Crippen MR) is 159 cm³/mol. The summed E-state index contributed by atoms with van der Waals surface area (Å²) in [7, 11) is 0. The van der Waals surface area contributed by atoms with Crippen LogP contribution in [0.25, 0.3) is 11.1 Å². The van der Waals surface area contributed by atoms with Gasteiger partial charge in [-0.15, -0.1) is 0 Å². The molecule has 1 saturated heterocycles. The van der Waals surface area contributed by atoms with Gasteiger partial charge in [0.2, 0.25) is 5.95 Å². The van der Waals surface area contributed by atoms with E-state index in [1.807, 2.05) is 55.5 Å². The number of rotatable bonds is 10. The fourth-order valence-electron chi connectivity index (χ4n) is 4.46. The molecule has 0 spiro atoms. The number of halogens is 1. The van der Waals surface area contributed by atoms with Gasteiger partial charge in [0.05, 0.1) is 42.2 Å². The second-order valence-electron chi connectivity index (χ2n) is 9.80. The fraction of sp³-hybridized carbons (Fsp3) is 0.267. The summed E-state index contributed by atoms with van der Waals surface area (Å²) in [6.07, 6.45) is 3.45. The molecule has 0 bridgehead atoms. The van der Waals surface area contributed by atoms with Crippen molar-refractivity contribution in [3.05, 3.63) is 84.1 Å². The molecule has 1 aliphatic heterocycles. The Morgan fingerprint density at radius 1 is 1.10 bits per heavy atom. The van der Waals surface area contributed by atoms with Crippen molar-refractivity contribution >= 4 is 29.4 Å². The molecule has 2 aromatic carbocycles. The molecule has 10 nitrogen and oxygen atoms in total. The molecule has 3 heterocycles. The second kappa shape index (κ2) is 13.2. The lowest BCUT2D eigenvalue weighted by Gasteiger charge is -2.31. The van der Waals surface area contributed by atoms with E-state index < -0.39 is 5.82 Å². The zero-order valence-corrected chi connectivity index (χ0v) is 23.0. The van der Waals surface area contributed by atoms with Gasteiger partial charge in [-0.1, -0.05) is 24.3 Å². The maximum Gasteiger partial charge on any atom is 0.245 e. The lowest BCUT2D eigenvalue weighted by molar-refractivity contribution is -0.0167. The van der Waals surface area contributed by atoms with E-state index in [4.69, 9.17) is 4.74 Å². The smallest absolute Gasteiger partial charge is 0.245 e. The third-order valence-electron chi connectivity index (χ3n) is 6.56. The molecule has 1 unspecified atom stereocenters. The van der Waals surface area contributed by atoms with Crippen LogP contribution < -0.4 is 16.1 Å². The molecule has 2 aromatic heterocycles. The van der Waals surface area contributed by atoms with Gasteiger partial charge < -0.3 is 20.5 Å². The number of aromatic hydroxyl groups is 1. The van der Waals surface area contributed by atoms with Gasteiger partial charge in [0.1, 0.15) is 5.75 Å². The van der Waals surface area contributed by atoms with E-state index in [0.29, 0.717) is 18.8 Å². The van der Waals surface area contributed by atoms with Crippen LogP contribution in [0.1, 0.15) is 18.3 Å². The summed E-state index contributed by atoms with van der Waals surface area (Å²) < 4.78 is 20.2. The summed E-state index contributed by atoms with van der Waals surface area (Å²) in [5, 5.41) is 20.3. The standard InChI is InChI=1S/C30H33FN8O2/c1-20-19-39(14-15-41-20)13-12-32-29-28(31)21(2)35-30(37-29)38-34-18-25-10-11-26(17-33-25)36-24-8-6-22(7-9-24)23-4-3-5-27(40)16-23/h3-11,16-18,20,36,40H,12-15,19H2,1-2H3,(H2,32,35,37,38)/b34-18+. The fourth-order valence-corrected chi connectivity index (χ4v) is 4.46. The first-order valence-corrected chi connectivity index (χ1v) is 13.5. The number of nitrogens with zero attached hydrogens (tertiary/aromatic N) is 5. The monoisotopic (exact) mass is 556 g/mol. The highest BCUT2D eigenvalue weighted by Crippen LogP contribution is 2.25. The number of hydrogen-bond donors (Lipinski definition) is 4. The Morgan fingerprint density at radius 3 is 2.68 bits per heavy atom. The van der Waals surface area contributed by atoms with Crippen LogP contribution in [0.5, 0.6) is 5.75 Å². The van der Waals surface area contributed by atoms with E-state index in [9.17, 15) is 9.50 Å². The van der Waals surface area contributed by atoms with E-state index in [2.05, 4.69) is 41.0 Å². The maximum atomic E-state index is 14.6. The zero-order chi connectivity index (χ0) is 28.6. The van der Waals surface area contributed by atoms with Crippen LogP contribution in [0.2, 0.25) is 0 Å². The lowest BCUT2D eigenvalue weighted by Crippen LogP contribution is -2.43. The van der Waals surface area contributed by atoms with Crippen molar-refractivity contribution in [2.45, 2.75) is 20.0 Å². The van der Waals surface area contributed by atoms with Crippen molar-refractivity contribution < 1.29 is 14.2 Å². The second-order valence-corrected chi connectivity index (χ2v) is 9.80. The van der Waals surface area contributed by atoms with Crippen molar-refractivity contribution in [2.75, 3.05) is 48.8 Å². The summed E-state index contributed by atoms with van der Waals surface area (Å²) in [6.45, 7) is 7.37. The Balaban J connectivity index is 1.13. The molecular weight excluding hydrogens is 523 g/mol. The number of benzene rings is 2. The normalized spacial score (nSPS) is 15.6. The minimum Gasteiger partial charge on any atom is -0.508 e. The number of anilines is 4. The highest BCUT2D eigenvalue weighted by molar-refractivity contribution is 5.78. The summed E-state index contributed by atoms with van der Waals surface area (Å²) in [6, 6.07) is 18.8. The number of nitrogens with one attached hydrogen (secondary N) is 3. The summed E-state index contributed by atoms with van der Waals surface area (Å²) >= 11 is 0. The van der Waals surface area contributed by atoms with Crippen molar-refractivity contribution in [1.29, 1.82) is 0 Å². The first-order valence-electron chi connectivity index (χ1n) is 13.5. The van der Waals surface area contributed by atoms with Crippen LogP contribution >= 0.6 is 0 Å². The SMILES string of the molecule is Cc1nc(N/N=C/c2ccc(Nc3ccc(-c4cccc(O)c4)cc3)cn2)nc(NCCN2CCOC(C)C2)c1F. The average Bonchev–Trinajstić information content (AvgIpc) is 2.97. The van der Waals surface area contributed by atoms with E-state index >= 15 is 0 Å². The number of ether oxygens (including phenoxy) is 1. The van der Waals surface area contributed by atoms with Crippen molar-refractivity contribution in [3.63, 3.8) is 0 Å². The third-order valence-corrected chi connectivity index (χ3v) is 6.56. The van der Waals surface area contributed by atoms with Gasteiger partial charge in [0, 0.05) is 31.9 Å². The number of hydrogen-bond acceptors (Lipinski definition) is 10. The Bertz CT molecular complexity index is 1480. The van der Waals surface area contributed by atoms with Crippen LogP contribution in [0.15, 0.2) is 72.0 Å². The molecule has 0 saturated carbocycles. The Labute approximate surface area is 238 Å². The molecule has 4 N–H and O–H groups in total. The van der Waals surface area contributed by atoms with Crippen LogP contribution in [0, 0.1) is 12.7 Å². The highest BCUT2D eigenvalue weighted by atomic mass is 19.1. The minimum absolute atomic E-state index is 0.139. The van der Waals surface area contributed by atoms with Crippen LogP contribution in [0.3, 0.4) is 0 Å². The van der Waals surface area contributed by atoms with Crippen LogP contribution in [0.4, 0.5) is 27.5 Å². The van der Waals surface area contributed by atoms with E-state index in [1.165, 1.54) is 0 Å². The maximum absolute atomic E-state index is 14.6. The molecule has 212 valence electrons. The van der Waals surface area contributed by atoms with E-state index in [0.717, 1.165) is 42.1 Å². The van der Waals surface area contributed by atoms with Gasteiger partial charge in [-0.05, 0) is 61.4 Å². The molecule has 0 radical (unpaired) electrons. The van der Waals surface area contributed by atoms with Gasteiger partial charge in [0.25, 0.3) is 0 Å².